The number of hydrogen-bond acceptors (Lipinski definition) is 0. The molecule has 0 saturated heterocycles. The fourth-order valence-electron chi connectivity index (χ4n) is 8.36. The third kappa shape index (κ3) is 5.57. The molecule has 0 aliphatic heterocycles. The van der Waals surface area contributed by atoms with Crippen LogP contribution in [-0.2, 0) is 0 Å². The lowest BCUT2D eigenvalue weighted by Crippen LogP contribution is -1.92. The lowest BCUT2D eigenvalue weighted by atomic mass is 9.84. The van der Waals surface area contributed by atoms with Crippen LogP contribution in [0.15, 0.2) is 218 Å². The Bertz CT molecular complexity index is 2830. The lowest BCUT2D eigenvalue weighted by molar-refractivity contribution is 1.57. The first kappa shape index (κ1) is 31.7. The second-order valence-corrected chi connectivity index (χ2v) is 14.0. The molecule has 54 heavy (non-hydrogen) atoms. The molecule has 0 unspecified atom stereocenters. The van der Waals surface area contributed by atoms with Gasteiger partial charge >= 0.3 is 0 Å². The predicted octanol–water partition coefficient (Wildman–Crippen LogP) is 15.1. The van der Waals surface area contributed by atoms with E-state index in [0.717, 1.165) is 0 Å². The molecule has 0 aliphatic rings. The summed E-state index contributed by atoms with van der Waals surface area (Å²) < 4.78 is 0. The van der Waals surface area contributed by atoms with E-state index in [1.807, 2.05) is 0 Å². The Labute approximate surface area is 316 Å². The van der Waals surface area contributed by atoms with Crippen LogP contribution < -0.4 is 0 Å². The molecule has 10 aromatic carbocycles. The molecule has 0 fully saturated rings. The van der Waals surface area contributed by atoms with Crippen molar-refractivity contribution in [2.75, 3.05) is 0 Å². The van der Waals surface area contributed by atoms with Gasteiger partial charge in [0.25, 0.3) is 0 Å². The topological polar surface area (TPSA) is 0 Å². The van der Waals surface area contributed by atoms with Gasteiger partial charge in [-0.05, 0) is 123 Å². The van der Waals surface area contributed by atoms with Gasteiger partial charge < -0.3 is 0 Å². The van der Waals surface area contributed by atoms with Crippen LogP contribution in [0.4, 0.5) is 0 Å². The van der Waals surface area contributed by atoms with E-state index in [4.69, 9.17) is 0 Å². The molecule has 0 spiro atoms. The third-order valence-electron chi connectivity index (χ3n) is 10.8. The maximum Gasteiger partial charge on any atom is -0.00261 e. The smallest absolute Gasteiger partial charge is 0.00261 e. The summed E-state index contributed by atoms with van der Waals surface area (Å²) in [5.41, 5.74) is 14.7. The van der Waals surface area contributed by atoms with Crippen molar-refractivity contribution in [3.63, 3.8) is 0 Å². The molecular weight excluding hydrogens is 649 g/mol. The summed E-state index contributed by atoms with van der Waals surface area (Å²) in [6, 6.07) is 79.8. The highest BCUT2D eigenvalue weighted by molar-refractivity contribution is 6.22. The van der Waals surface area contributed by atoms with Crippen molar-refractivity contribution in [3.05, 3.63) is 218 Å². The molecule has 0 amide bonds. The van der Waals surface area contributed by atoms with Crippen LogP contribution in [0.2, 0.25) is 0 Å². The maximum atomic E-state index is 2.45. The summed E-state index contributed by atoms with van der Waals surface area (Å²) in [6.45, 7) is 0. The van der Waals surface area contributed by atoms with E-state index in [9.17, 15) is 0 Å². The van der Waals surface area contributed by atoms with Crippen LogP contribution in [0, 0.1) is 0 Å². The Morgan fingerprint density at radius 1 is 0.167 bits per heavy atom. The number of benzene rings is 10. The summed E-state index contributed by atoms with van der Waals surface area (Å²) in [6.07, 6.45) is 0. The van der Waals surface area contributed by atoms with E-state index < -0.39 is 0 Å². The first-order valence-corrected chi connectivity index (χ1v) is 18.7. The van der Waals surface area contributed by atoms with Gasteiger partial charge in [-0.1, -0.05) is 194 Å². The molecule has 10 aromatic rings. The molecule has 0 aromatic heterocycles. The molecule has 0 N–H and O–H groups in total. The van der Waals surface area contributed by atoms with Crippen LogP contribution in [-0.4, -0.2) is 0 Å². The Hall–Kier alpha value is -7.02. The monoisotopic (exact) mass is 684 g/mol. The minimum Gasteiger partial charge on any atom is -0.0622 e. The third-order valence-corrected chi connectivity index (χ3v) is 10.8. The van der Waals surface area contributed by atoms with E-state index in [1.54, 1.807) is 0 Å². The van der Waals surface area contributed by atoms with Gasteiger partial charge in [0.15, 0.2) is 0 Å². The second-order valence-electron chi connectivity index (χ2n) is 14.0. The summed E-state index contributed by atoms with van der Waals surface area (Å²) >= 11 is 0. The molecule has 252 valence electrons. The average molecular weight is 685 g/mol. The normalized spacial score (nSPS) is 11.3. The quantitative estimate of drug-likeness (QED) is 0.153. The van der Waals surface area contributed by atoms with E-state index >= 15 is 0 Å². The van der Waals surface area contributed by atoms with Gasteiger partial charge in [-0.15, -0.1) is 0 Å². The molecule has 0 atom stereocenters. The van der Waals surface area contributed by atoms with Gasteiger partial charge in [-0.2, -0.15) is 0 Å². The highest BCUT2D eigenvalue weighted by Gasteiger charge is 2.19. The molecule has 0 aliphatic carbocycles. The summed E-state index contributed by atoms with van der Waals surface area (Å²) in [5.74, 6) is 0. The van der Waals surface area contributed by atoms with E-state index in [1.165, 1.54) is 99.1 Å². The first-order chi connectivity index (χ1) is 26.8. The van der Waals surface area contributed by atoms with Gasteiger partial charge in [0.05, 0.1) is 0 Å². The van der Waals surface area contributed by atoms with E-state index in [-0.39, 0.29) is 0 Å². The van der Waals surface area contributed by atoms with Crippen molar-refractivity contribution < 1.29 is 0 Å². The van der Waals surface area contributed by atoms with Crippen molar-refractivity contribution in [3.8, 4) is 66.8 Å². The molecule has 0 heteroatoms. The van der Waals surface area contributed by atoms with Crippen LogP contribution >= 0.6 is 0 Å². The van der Waals surface area contributed by atoms with Crippen LogP contribution in [0.3, 0.4) is 0 Å². The molecule has 0 radical (unpaired) electrons. The Balaban J connectivity index is 1.28. The van der Waals surface area contributed by atoms with Gasteiger partial charge in [-0.25, -0.2) is 0 Å². The predicted molar refractivity (Wildman–Crippen MR) is 232 cm³/mol. The van der Waals surface area contributed by atoms with Crippen LogP contribution in [0.1, 0.15) is 0 Å². The highest BCUT2D eigenvalue weighted by Crippen LogP contribution is 2.46. The Kier molecular flexibility index (Phi) is 7.93. The zero-order chi connectivity index (χ0) is 35.8. The number of hydrogen-bond donors (Lipinski definition) is 0. The second kappa shape index (κ2) is 13.5. The minimum absolute atomic E-state index is 1.20. The Morgan fingerprint density at radius 2 is 0.537 bits per heavy atom. The standard InChI is InChI=1S/C54H36/c1-5-17-37(18-6-1)42-33-43(38-19-7-2-8-20-38)35-44(34-42)46-32-31-45(39-21-9-3-10-22-39)47-30-29-41(36-52(46)47)54-50-27-15-13-25-48(50)53(40-23-11-4-12-24-40)49-26-14-16-28-51(49)54/h1-36H. The molecule has 0 bridgehead atoms. The summed E-state index contributed by atoms with van der Waals surface area (Å²) in [5, 5.41) is 7.51. The van der Waals surface area contributed by atoms with Crippen molar-refractivity contribution in [2.45, 2.75) is 0 Å². The zero-order valence-corrected chi connectivity index (χ0v) is 29.8. The van der Waals surface area contributed by atoms with Gasteiger partial charge in [0.2, 0.25) is 0 Å². The van der Waals surface area contributed by atoms with Crippen molar-refractivity contribution in [1.29, 1.82) is 0 Å². The molecular formula is C54H36. The van der Waals surface area contributed by atoms with Crippen molar-refractivity contribution in [2.24, 2.45) is 0 Å². The largest absolute Gasteiger partial charge is 0.0622 e. The van der Waals surface area contributed by atoms with E-state index in [2.05, 4.69) is 218 Å². The van der Waals surface area contributed by atoms with Crippen LogP contribution in [0.5, 0.6) is 0 Å². The fourth-order valence-corrected chi connectivity index (χ4v) is 8.36. The molecule has 0 nitrogen and oxygen atoms in total. The molecule has 0 heterocycles. The molecule has 10 rings (SSSR count). The molecule has 0 saturated carbocycles. The maximum absolute atomic E-state index is 2.45. The Morgan fingerprint density at radius 3 is 1.02 bits per heavy atom. The number of rotatable bonds is 6. The zero-order valence-electron chi connectivity index (χ0n) is 29.8. The summed E-state index contributed by atoms with van der Waals surface area (Å²) in [4.78, 5) is 0. The highest BCUT2D eigenvalue weighted by atomic mass is 14.2. The SMILES string of the molecule is c1ccc(-c2cc(-c3ccccc3)cc(-c3ccc(-c4ccccc4)c4ccc(-c5c6ccccc6c(-c6ccccc6)c6ccccc56)cc34)c2)cc1. The number of fused-ring (bicyclic) bond motifs is 3. The van der Waals surface area contributed by atoms with Gasteiger partial charge in [-0.3, -0.25) is 0 Å². The van der Waals surface area contributed by atoms with Gasteiger partial charge in [0.1, 0.15) is 0 Å². The average Bonchev–Trinajstić information content (AvgIpc) is 3.26. The van der Waals surface area contributed by atoms with Gasteiger partial charge in [0, 0.05) is 0 Å². The van der Waals surface area contributed by atoms with Crippen molar-refractivity contribution >= 4 is 32.3 Å². The van der Waals surface area contributed by atoms with Crippen LogP contribution in [0.25, 0.3) is 99.1 Å². The first-order valence-electron chi connectivity index (χ1n) is 18.7. The lowest BCUT2D eigenvalue weighted by Gasteiger charge is -2.19. The fraction of sp³-hybridized carbons (Fsp3) is 0. The summed E-state index contributed by atoms with van der Waals surface area (Å²) in [7, 11) is 0. The minimum atomic E-state index is 1.20. The van der Waals surface area contributed by atoms with E-state index in [0.29, 0.717) is 0 Å². The van der Waals surface area contributed by atoms with Crippen molar-refractivity contribution in [1.82, 2.24) is 0 Å².